The van der Waals surface area contributed by atoms with E-state index in [-0.39, 0.29) is 16.5 Å². The highest BCUT2D eigenvalue weighted by Gasteiger charge is 2.22. The first-order chi connectivity index (χ1) is 8.00. The number of benzene rings is 1. The molecule has 2 nitrogen and oxygen atoms in total. The summed E-state index contributed by atoms with van der Waals surface area (Å²) in [4.78, 5) is 0. The topological polar surface area (TPSA) is 39.2 Å². The normalized spacial score (nSPS) is 12.8. The molecule has 2 aromatic rings. The Morgan fingerprint density at radius 1 is 1.24 bits per heavy atom. The van der Waals surface area contributed by atoms with Gasteiger partial charge in [0.2, 0.25) is 0 Å². The van der Waals surface area contributed by atoms with Crippen LogP contribution in [-0.2, 0) is 0 Å². The Hall–Kier alpha value is -1.39. The quantitative estimate of drug-likeness (QED) is 0.893. The number of halogens is 3. The lowest BCUT2D eigenvalue weighted by atomic mass is 10.0. The number of nitrogens with two attached hydrogens (primary N) is 1. The fourth-order valence-electron chi connectivity index (χ4n) is 1.60. The lowest BCUT2D eigenvalue weighted by Crippen LogP contribution is -2.15. The van der Waals surface area contributed by atoms with Crippen LogP contribution in [0.5, 0.6) is 0 Å². The molecule has 1 aromatic heterocycles. The van der Waals surface area contributed by atoms with Gasteiger partial charge in [0, 0.05) is 5.56 Å². The minimum Gasteiger partial charge on any atom is -0.448 e. The van der Waals surface area contributed by atoms with Crippen LogP contribution in [0, 0.1) is 18.6 Å². The summed E-state index contributed by atoms with van der Waals surface area (Å²) in [6.45, 7) is 1.54. The Morgan fingerprint density at radius 3 is 2.53 bits per heavy atom. The Kier molecular flexibility index (Phi) is 3.17. The number of aryl methyl sites for hydroxylation is 1. The molecule has 0 aliphatic carbocycles. The number of hydrogen-bond acceptors (Lipinski definition) is 2. The zero-order chi connectivity index (χ0) is 12.6. The van der Waals surface area contributed by atoms with Crippen molar-refractivity contribution in [3.05, 3.63) is 58.0 Å². The van der Waals surface area contributed by atoms with Crippen LogP contribution >= 0.6 is 11.6 Å². The molecule has 2 rings (SSSR count). The fourth-order valence-corrected chi connectivity index (χ4v) is 1.75. The number of furan rings is 1. The van der Waals surface area contributed by atoms with Crippen molar-refractivity contribution >= 4 is 11.6 Å². The molecule has 2 N–H and O–H groups in total. The van der Waals surface area contributed by atoms with Crippen LogP contribution in [0.1, 0.15) is 22.9 Å². The van der Waals surface area contributed by atoms with E-state index in [1.54, 1.807) is 6.92 Å². The van der Waals surface area contributed by atoms with E-state index in [2.05, 4.69) is 0 Å². The van der Waals surface area contributed by atoms with E-state index in [1.165, 1.54) is 24.3 Å². The van der Waals surface area contributed by atoms with Crippen molar-refractivity contribution < 1.29 is 13.2 Å². The molecule has 17 heavy (non-hydrogen) atoms. The Balaban J connectivity index is 2.50. The van der Waals surface area contributed by atoms with E-state index in [0.717, 1.165) is 0 Å². The highest BCUT2D eigenvalue weighted by Crippen LogP contribution is 2.28. The molecule has 0 aliphatic heterocycles. The molecule has 0 radical (unpaired) electrons. The monoisotopic (exact) mass is 257 g/mol. The maximum Gasteiger partial charge on any atom is 0.193 e. The van der Waals surface area contributed by atoms with Gasteiger partial charge in [-0.05, 0) is 42.3 Å². The van der Waals surface area contributed by atoms with Crippen LogP contribution in [0.3, 0.4) is 0 Å². The van der Waals surface area contributed by atoms with Gasteiger partial charge in [-0.15, -0.1) is 0 Å². The molecule has 1 unspecified atom stereocenters. The first-order valence-corrected chi connectivity index (χ1v) is 5.34. The second kappa shape index (κ2) is 4.47. The Bertz CT molecular complexity index is 553. The zero-order valence-corrected chi connectivity index (χ0v) is 9.76. The van der Waals surface area contributed by atoms with Crippen molar-refractivity contribution in [3.8, 4) is 0 Å². The van der Waals surface area contributed by atoms with Crippen LogP contribution < -0.4 is 5.73 Å². The molecular weight excluding hydrogens is 248 g/mol. The molecule has 0 saturated heterocycles. The fraction of sp³-hybridized carbons (Fsp3) is 0.167. The Morgan fingerprint density at radius 2 is 1.94 bits per heavy atom. The van der Waals surface area contributed by atoms with Crippen molar-refractivity contribution in [2.75, 3.05) is 0 Å². The summed E-state index contributed by atoms with van der Waals surface area (Å²) in [7, 11) is 0. The standard InChI is InChI=1S/C12H10ClF2NO/c1-6-2-3-7(14)10(11(6)15)12(16)8-4-5-9(13)17-8/h2-5,12H,16H2,1H3. The molecule has 0 spiro atoms. The van der Waals surface area contributed by atoms with Crippen molar-refractivity contribution in [2.24, 2.45) is 5.73 Å². The first-order valence-electron chi connectivity index (χ1n) is 4.96. The molecule has 1 atom stereocenters. The van der Waals surface area contributed by atoms with Gasteiger partial charge >= 0.3 is 0 Å². The molecule has 0 amide bonds. The molecule has 0 fully saturated rings. The minimum absolute atomic E-state index is 0.129. The Labute approximate surface area is 102 Å². The van der Waals surface area contributed by atoms with E-state index in [0.29, 0.717) is 5.56 Å². The average Bonchev–Trinajstić information content (AvgIpc) is 2.71. The summed E-state index contributed by atoms with van der Waals surface area (Å²) in [5, 5.41) is 0.129. The minimum atomic E-state index is -1.01. The number of rotatable bonds is 2. The van der Waals surface area contributed by atoms with E-state index in [9.17, 15) is 8.78 Å². The second-order valence-electron chi connectivity index (χ2n) is 3.71. The van der Waals surface area contributed by atoms with E-state index < -0.39 is 17.7 Å². The van der Waals surface area contributed by atoms with Gasteiger partial charge in [-0.2, -0.15) is 0 Å². The van der Waals surface area contributed by atoms with E-state index in [4.69, 9.17) is 21.8 Å². The summed E-state index contributed by atoms with van der Waals surface area (Å²) < 4.78 is 32.4. The molecule has 1 heterocycles. The molecule has 1 aromatic carbocycles. The van der Waals surface area contributed by atoms with E-state index in [1.807, 2.05) is 0 Å². The smallest absolute Gasteiger partial charge is 0.193 e. The van der Waals surface area contributed by atoms with Crippen LogP contribution in [0.25, 0.3) is 0 Å². The molecule has 0 bridgehead atoms. The SMILES string of the molecule is Cc1ccc(F)c(C(N)c2ccc(Cl)o2)c1F. The summed E-state index contributed by atoms with van der Waals surface area (Å²) in [6, 6.07) is 4.49. The van der Waals surface area contributed by atoms with Crippen molar-refractivity contribution in [3.63, 3.8) is 0 Å². The maximum absolute atomic E-state index is 13.8. The number of hydrogen-bond donors (Lipinski definition) is 1. The summed E-state index contributed by atoms with van der Waals surface area (Å²) >= 11 is 5.59. The van der Waals surface area contributed by atoms with Gasteiger partial charge in [-0.3, -0.25) is 0 Å². The lowest BCUT2D eigenvalue weighted by Gasteiger charge is -2.12. The predicted molar refractivity (Wildman–Crippen MR) is 60.8 cm³/mol. The van der Waals surface area contributed by atoms with Gasteiger partial charge in [0.25, 0.3) is 0 Å². The van der Waals surface area contributed by atoms with Gasteiger partial charge in [-0.25, -0.2) is 8.78 Å². The first kappa shape index (κ1) is 12.1. The average molecular weight is 258 g/mol. The predicted octanol–water partition coefficient (Wildman–Crippen LogP) is 3.57. The van der Waals surface area contributed by atoms with E-state index >= 15 is 0 Å². The van der Waals surface area contributed by atoms with Gasteiger partial charge in [-0.1, -0.05) is 6.07 Å². The summed E-state index contributed by atoms with van der Waals surface area (Å²) in [6.07, 6.45) is 0. The van der Waals surface area contributed by atoms with Crippen molar-refractivity contribution in [2.45, 2.75) is 13.0 Å². The van der Waals surface area contributed by atoms with Gasteiger partial charge < -0.3 is 10.2 Å². The van der Waals surface area contributed by atoms with Crippen LogP contribution in [0.4, 0.5) is 8.78 Å². The maximum atomic E-state index is 13.8. The van der Waals surface area contributed by atoms with Gasteiger partial charge in [0.15, 0.2) is 5.22 Å². The van der Waals surface area contributed by atoms with Crippen LogP contribution in [0.2, 0.25) is 5.22 Å². The molecule has 0 saturated carbocycles. The summed E-state index contributed by atoms with van der Waals surface area (Å²) in [5.74, 6) is -1.14. The van der Waals surface area contributed by atoms with Gasteiger partial charge in [0.05, 0.1) is 6.04 Å². The van der Waals surface area contributed by atoms with Gasteiger partial charge in [0.1, 0.15) is 17.4 Å². The zero-order valence-electron chi connectivity index (χ0n) is 9.01. The van der Waals surface area contributed by atoms with Crippen LogP contribution in [-0.4, -0.2) is 0 Å². The highest BCUT2D eigenvalue weighted by molar-refractivity contribution is 6.28. The lowest BCUT2D eigenvalue weighted by molar-refractivity contribution is 0.466. The second-order valence-corrected chi connectivity index (χ2v) is 4.08. The molecule has 0 aliphatic rings. The third kappa shape index (κ3) is 2.18. The van der Waals surface area contributed by atoms with Crippen LogP contribution in [0.15, 0.2) is 28.7 Å². The van der Waals surface area contributed by atoms with Crippen molar-refractivity contribution in [1.82, 2.24) is 0 Å². The third-order valence-corrected chi connectivity index (χ3v) is 2.73. The highest BCUT2D eigenvalue weighted by atomic mass is 35.5. The third-order valence-electron chi connectivity index (χ3n) is 2.53. The molecular formula is C12H10ClF2NO. The largest absolute Gasteiger partial charge is 0.448 e. The molecule has 90 valence electrons. The van der Waals surface area contributed by atoms with Crippen molar-refractivity contribution in [1.29, 1.82) is 0 Å². The molecule has 5 heteroatoms. The summed E-state index contributed by atoms with van der Waals surface area (Å²) in [5.41, 5.74) is 5.88.